The average molecular weight is 419 g/mol. The van der Waals surface area contributed by atoms with Crippen LogP contribution in [0.2, 0.25) is 0 Å². The molecule has 1 aliphatic heterocycles. The molecule has 0 aliphatic carbocycles. The van der Waals surface area contributed by atoms with Crippen molar-refractivity contribution < 1.29 is 19.1 Å². The Bertz CT molecular complexity index is 1070. The van der Waals surface area contributed by atoms with Crippen molar-refractivity contribution in [3.63, 3.8) is 0 Å². The third-order valence-corrected chi connectivity index (χ3v) is 5.09. The third-order valence-electron chi connectivity index (χ3n) is 5.09. The topological polar surface area (TPSA) is 91.7 Å². The first-order valence-corrected chi connectivity index (χ1v) is 10.0. The predicted molar refractivity (Wildman–Crippen MR) is 117 cm³/mol. The minimum absolute atomic E-state index is 0.0581. The van der Waals surface area contributed by atoms with Crippen LogP contribution in [-0.2, 0) is 9.53 Å². The van der Waals surface area contributed by atoms with Gasteiger partial charge in [0.2, 0.25) is 0 Å². The van der Waals surface area contributed by atoms with Crippen molar-refractivity contribution in [1.29, 1.82) is 5.26 Å². The molecule has 7 nitrogen and oxygen atoms in total. The molecule has 1 aliphatic rings. The summed E-state index contributed by atoms with van der Waals surface area (Å²) in [6.07, 6.45) is 0. The molecule has 1 atom stereocenters. The highest BCUT2D eigenvalue weighted by atomic mass is 16.5. The van der Waals surface area contributed by atoms with Crippen molar-refractivity contribution in [1.82, 2.24) is 5.32 Å². The van der Waals surface area contributed by atoms with Gasteiger partial charge in [0.1, 0.15) is 11.8 Å². The average Bonchev–Trinajstić information content (AvgIpc) is 2.73. The first kappa shape index (κ1) is 21.9. The predicted octanol–water partition coefficient (Wildman–Crippen LogP) is 4.31. The van der Waals surface area contributed by atoms with Gasteiger partial charge in [-0.3, -0.25) is 4.90 Å². The van der Waals surface area contributed by atoms with Gasteiger partial charge in [-0.05, 0) is 57.0 Å². The van der Waals surface area contributed by atoms with Crippen LogP contribution in [0, 0.1) is 25.2 Å². The molecule has 0 saturated heterocycles. The summed E-state index contributed by atoms with van der Waals surface area (Å²) in [4.78, 5) is 27.5. The number of nitriles is 1. The lowest BCUT2D eigenvalue weighted by atomic mass is 9.94. The number of carbonyl (C=O) groups is 2. The van der Waals surface area contributed by atoms with Crippen LogP contribution in [0.15, 0.2) is 53.7 Å². The first-order chi connectivity index (χ1) is 14.9. The van der Waals surface area contributed by atoms with Crippen molar-refractivity contribution in [3.05, 3.63) is 70.4 Å². The van der Waals surface area contributed by atoms with Gasteiger partial charge in [-0.15, -0.1) is 0 Å². The van der Waals surface area contributed by atoms with Crippen molar-refractivity contribution in [2.75, 3.05) is 18.1 Å². The molecule has 0 aromatic heterocycles. The van der Waals surface area contributed by atoms with E-state index in [1.54, 1.807) is 38.1 Å². The minimum atomic E-state index is -0.668. The zero-order valence-corrected chi connectivity index (χ0v) is 18.1. The fraction of sp³-hybridized carbons (Fsp3) is 0.292. The molecule has 31 heavy (non-hydrogen) atoms. The molecule has 7 heteroatoms. The van der Waals surface area contributed by atoms with Crippen molar-refractivity contribution in [3.8, 4) is 11.8 Å². The Morgan fingerprint density at radius 3 is 2.48 bits per heavy atom. The molecule has 0 fully saturated rings. The largest absolute Gasteiger partial charge is 0.479 e. The SMILES string of the molecule is CCOC(=O)C1=C(C)N(c2ccc(C)cc2C)C(=O)N[C@H]1c1ccc(OCC#N)cc1. The molecule has 0 unspecified atom stereocenters. The number of nitrogens with zero attached hydrogens (tertiary/aromatic N) is 2. The Morgan fingerprint density at radius 1 is 1.16 bits per heavy atom. The maximum absolute atomic E-state index is 13.1. The van der Waals surface area contributed by atoms with E-state index in [0.29, 0.717) is 28.3 Å². The lowest BCUT2D eigenvalue weighted by Crippen LogP contribution is -2.48. The Labute approximate surface area is 181 Å². The smallest absolute Gasteiger partial charge is 0.338 e. The van der Waals surface area contributed by atoms with Gasteiger partial charge in [-0.25, -0.2) is 9.59 Å². The fourth-order valence-electron chi connectivity index (χ4n) is 3.68. The number of carbonyl (C=O) groups excluding carboxylic acids is 2. The first-order valence-electron chi connectivity index (χ1n) is 10.0. The van der Waals surface area contributed by atoms with E-state index < -0.39 is 12.0 Å². The number of hydrogen-bond acceptors (Lipinski definition) is 5. The molecular weight excluding hydrogens is 394 g/mol. The summed E-state index contributed by atoms with van der Waals surface area (Å²) in [7, 11) is 0. The molecule has 1 heterocycles. The van der Waals surface area contributed by atoms with E-state index in [2.05, 4.69) is 5.32 Å². The van der Waals surface area contributed by atoms with Crippen LogP contribution < -0.4 is 15.0 Å². The quantitative estimate of drug-likeness (QED) is 0.705. The number of benzene rings is 2. The molecule has 2 aromatic carbocycles. The third kappa shape index (κ3) is 4.53. The van der Waals surface area contributed by atoms with Gasteiger partial charge in [0, 0.05) is 5.70 Å². The maximum Gasteiger partial charge on any atom is 0.338 e. The van der Waals surface area contributed by atoms with Crippen LogP contribution in [0.1, 0.15) is 36.6 Å². The highest BCUT2D eigenvalue weighted by Crippen LogP contribution is 2.36. The van der Waals surface area contributed by atoms with Gasteiger partial charge in [0.05, 0.1) is 23.9 Å². The minimum Gasteiger partial charge on any atom is -0.479 e. The number of aryl methyl sites for hydroxylation is 2. The summed E-state index contributed by atoms with van der Waals surface area (Å²) in [5.41, 5.74) is 4.31. The molecule has 2 amide bonds. The van der Waals surface area contributed by atoms with E-state index in [-0.39, 0.29) is 19.2 Å². The molecule has 0 spiro atoms. The van der Waals surface area contributed by atoms with E-state index in [1.807, 2.05) is 38.1 Å². The van der Waals surface area contributed by atoms with E-state index >= 15 is 0 Å². The monoisotopic (exact) mass is 419 g/mol. The number of anilines is 1. The normalized spacial score (nSPS) is 15.9. The van der Waals surface area contributed by atoms with Crippen LogP contribution >= 0.6 is 0 Å². The van der Waals surface area contributed by atoms with Crippen molar-refractivity contribution in [2.45, 2.75) is 33.7 Å². The van der Waals surface area contributed by atoms with Crippen molar-refractivity contribution >= 4 is 17.7 Å². The number of allylic oxidation sites excluding steroid dienone is 1. The lowest BCUT2D eigenvalue weighted by molar-refractivity contribution is -0.139. The van der Waals surface area contributed by atoms with Crippen LogP contribution in [0.3, 0.4) is 0 Å². The highest BCUT2D eigenvalue weighted by Gasteiger charge is 2.37. The number of hydrogen-bond donors (Lipinski definition) is 1. The molecule has 1 N–H and O–H groups in total. The standard InChI is InChI=1S/C24H25N3O4/c1-5-30-23(28)21-17(4)27(20-11-6-15(2)14-16(20)3)24(29)26-22(21)18-7-9-19(10-8-18)31-13-12-25/h6-11,14,22H,5,13H2,1-4H3,(H,26,29)/t22-/m0/s1. The number of urea groups is 1. The van der Waals surface area contributed by atoms with E-state index in [0.717, 1.165) is 11.1 Å². The fourth-order valence-corrected chi connectivity index (χ4v) is 3.68. The maximum atomic E-state index is 13.1. The molecule has 0 bridgehead atoms. The Balaban J connectivity index is 2.06. The zero-order chi connectivity index (χ0) is 22.5. The lowest BCUT2D eigenvalue weighted by Gasteiger charge is -2.36. The Hall–Kier alpha value is -3.79. The van der Waals surface area contributed by atoms with Crippen LogP contribution in [0.5, 0.6) is 5.75 Å². The summed E-state index contributed by atoms with van der Waals surface area (Å²) in [5, 5.41) is 11.6. The van der Waals surface area contributed by atoms with Gasteiger partial charge in [-0.2, -0.15) is 5.26 Å². The van der Waals surface area contributed by atoms with Crippen LogP contribution in [0.4, 0.5) is 10.5 Å². The number of rotatable bonds is 6. The number of nitrogens with one attached hydrogen (secondary N) is 1. The zero-order valence-electron chi connectivity index (χ0n) is 18.1. The molecule has 3 rings (SSSR count). The second kappa shape index (κ2) is 9.35. The summed E-state index contributed by atoms with van der Waals surface area (Å²) in [6.45, 7) is 7.58. The molecule has 2 aromatic rings. The summed E-state index contributed by atoms with van der Waals surface area (Å²) < 4.78 is 10.6. The number of amides is 2. The summed E-state index contributed by atoms with van der Waals surface area (Å²) in [6, 6.07) is 13.6. The van der Waals surface area contributed by atoms with E-state index in [9.17, 15) is 9.59 Å². The van der Waals surface area contributed by atoms with Gasteiger partial charge in [0.25, 0.3) is 0 Å². The van der Waals surface area contributed by atoms with E-state index in [4.69, 9.17) is 14.7 Å². The molecular formula is C24H25N3O4. The van der Waals surface area contributed by atoms with Crippen LogP contribution in [-0.4, -0.2) is 25.2 Å². The summed E-state index contributed by atoms with van der Waals surface area (Å²) >= 11 is 0. The Kier molecular flexibility index (Phi) is 6.61. The second-order valence-electron chi connectivity index (χ2n) is 7.24. The Morgan fingerprint density at radius 2 is 1.87 bits per heavy atom. The van der Waals surface area contributed by atoms with Gasteiger partial charge in [0.15, 0.2) is 6.61 Å². The van der Waals surface area contributed by atoms with Gasteiger partial charge in [-0.1, -0.05) is 29.8 Å². The molecule has 0 saturated carbocycles. The van der Waals surface area contributed by atoms with Crippen LogP contribution in [0.25, 0.3) is 0 Å². The number of ether oxygens (including phenoxy) is 2. The summed E-state index contributed by atoms with van der Waals surface area (Å²) in [5.74, 6) is 0.0484. The second-order valence-corrected chi connectivity index (χ2v) is 7.24. The molecule has 0 radical (unpaired) electrons. The van der Waals surface area contributed by atoms with E-state index in [1.165, 1.54) is 4.90 Å². The molecule has 160 valence electrons. The highest BCUT2D eigenvalue weighted by molar-refractivity contribution is 6.03. The number of esters is 1. The van der Waals surface area contributed by atoms with Gasteiger partial charge < -0.3 is 14.8 Å². The van der Waals surface area contributed by atoms with Gasteiger partial charge >= 0.3 is 12.0 Å². The van der Waals surface area contributed by atoms with Crippen molar-refractivity contribution in [2.24, 2.45) is 0 Å².